The maximum Gasteiger partial charge on any atom is 0.221 e. The van der Waals surface area contributed by atoms with Gasteiger partial charge in [-0.15, -0.1) is 6.42 Å². The molecule has 0 radical (unpaired) electrons. The molecular formula is C13H14BrNO. The third-order valence-electron chi connectivity index (χ3n) is 2.25. The van der Waals surface area contributed by atoms with Gasteiger partial charge in [-0.2, -0.15) is 0 Å². The van der Waals surface area contributed by atoms with E-state index in [1.165, 1.54) is 5.56 Å². The van der Waals surface area contributed by atoms with Gasteiger partial charge in [0.2, 0.25) is 5.91 Å². The Morgan fingerprint density at radius 2 is 2.31 bits per heavy atom. The third-order valence-corrected chi connectivity index (χ3v) is 3.14. The fourth-order valence-electron chi connectivity index (χ4n) is 1.36. The summed E-state index contributed by atoms with van der Waals surface area (Å²) in [7, 11) is 0. The largest absolute Gasteiger partial charge is 0.345 e. The first-order chi connectivity index (χ1) is 7.63. The van der Waals surface area contributed by atoms with Crippen molar-refractivity contribution in [3.05, 3.63) is 33.8 Å². The fourth-order valence-corrected chi connectivity index (χ4v) is 1.60. The van der Waals surface area contributed by atoms with E-state index in [4.69, 9.17) is 6.42 Å². The lowest BCUT2D eigenvalue weighted by atomic mass is 10.1. The Morgan fingerprint density at radius 3 is 2.94 bits per heavy atom. The van der Waals surface area contributed by atoms with Crippen LogP contribution in [-0.2, 0) is 11.2 Å². The zero-order chi connectivity index (χ0) is 12.0. The average Bonchev–Trinajstić information content (AvgIpc) is 2.28. The normalized spacial score (nSPS) is 9.56. The van der Waals surface area contributed by atoms with Gasteiger partial charge in [0.1, 0.15) is 0 Å². The van der Waals surface area contributed by atoms with Gasteiger partial charge in [0.05, 0.1) is 6.54 Å². The molecule has 0 saturated carbocycles. The quantitative estimate of drug-likeness (QED) is 0.843. The highest BCUT2D eigenvalue weighted by Crippen LogP contribution is 2.17. The van der Waals surface area contributed by atoms with Gasteiger partial charge >= 0.3 is 0 Å². The predicted molar refractivity (Wildman–Crippen MR) is 69.0 cm³/mol. The summed E-state index contributed by atoms with van der Waals surface area (Å²) in [4.78, 5) is 11.3. The van der Waals surface area contributed by atoms with E-state index in [0.29, 0.717) is 13.0 Å². The van der Waals surface area contributed by atoms with Crippen molar-refractivity contribution in [2.45, 2.75) is 19.8 Å². The molecule has 0 aliphatic heterocycles. The first kappa shape index (κ1) is 12.8. The highest BCUT2D eigenvalue weighted by atomic mass is 79.9. The Bertz CT molecular complexity index is 420. The zero-order valence-corrected chi connectivity index (χ0v) is 10.8. The monoisotopic (exact) mass is 279 g/mol. The number of hydrogen-bond donors (Lipinski definition) is 1. The number of carbonyl (C=O) groups is 1. The first-order valence-corrected chi connectivity index (χ1v) is 5.88. The van der Waals surface area contributed by atoms with Gasteiger partial charge in [0.15, 0.2) is 0 Å². The number of aryl methyl sites for hydroxylation is 2. The second kappa shape index (κ2) is 6.34. The van der Waals surface area contributed by atoms with Crippen LogP contribution in [0.5, 0.6) is 0 Å². The second-order valence-corrected chi connectivity index (χ2v) is 4.42. The van der Waals surface area contributed by atoms with Gasteiger partial charge in [-0.3, -0.25) is 4.79 Å². The molecule has 0 fully saturated rings. The summed E-state index contributed by atoms with van der Waals surface area (Å²) in [6, 6.07) is 6.11. The van der Waals surface area contributed by atoms with Crippen LogP contribution in [-0.4, -0.2) is 12.5 Å². The summed E-state index contributed by atoms with van der Waals surface area (Å²) in [6.45, 7) is 2.34. The topological polar surface area (TPSA) is 29.1 Å². The third kappa shape index (κ3) is 4.08. The van der Waals surface area contributed by atoms with Gasteiger partial charge < -0.3 is 5.32 Å². The Morgan fingerprint density at radius 1 is 1.56 bits per heavy atom. The molecule has 1 rings (SSSR count). The van der Waals surface area contributed by atoms with Gasteiger partial charge in [-0.05, 0) is 30.5 Å². The number of amides is 1. The maximum absolute atomic E-state index is 11.3. The molecule has 1 N–H and O–H groups in total. The molecule has 1 aromatic carbocycles. The van der Waals surface area contributed by atoms with Crippen molar-refractivity contribution in [2.24, 2.45) is 0 Å². The molecule has 3 heteroatoms. The van der Waals surface area contributed by atoms with E-state index < -0.39 is 0 Å². The molecule has 2 nitrogen and oxygen atoms in total. The number of nitrogens with one attached hydrogen (secondary N) is 1. The number of hydrogen-bond acceptors (Lipinski definition) is 1. The Balaban J connectivity index is 2.46. The van der Waals surface area contributed by atoms with Gasteiger partial charge in [-0.1, -0.05) is 34.0 Å². The lowest BCUT2D eigenvalue weighted by Crippen LogP contribution is -2.23. The van der Waals surface area contributed by atoms with E-state index in [1.54, 1.807) is 0 Å². The van der Waals surface area contributed by atoms with Gasteiger partial charge in [0, 0.05) is 10.9 Å². The highest BCUT2D eigenvalue weighted by molar-refractivity contribution is 9.10. The minimum Gasteiger partial charge on any atom is -0.345 e. The minimum absolute atomic E-state index is 0.00137. The van der Waals surface area contributed by atoms with Crippen LogP contribution in [0, 0.1) is 19.3 Å². The number of halogens is 1. The average molecular weight is 280 g/mol. The van der Waals surface area contributed by atoms with Gasteiger partial charge in [0.25, 0.3) is 0 Å². The number of carbonyl (C=O) groups excluding carboxylic acids is 1. The van der Waals surface area contributed by atoms with E-state index >= 15 is 0 Å². The van der Waals surface area contributed by atoms with Crippen molar-refractivity contribution in [1.29, 1.82) is 0 Å². The van der Waals surface area contributed by atoms with E-state index in [-0.39, 0.29) is 5.91 Å². The van der Waals surface area contributed by atoms with Crippen molar-refractivity contribution >= 4 is 21.8 Å². The predicted octanol–water partition coefficient (Wildman–Crippen LogP) is 2.44. The molecule has 0 atom stereocenters. The van der Waals surface area contributed by atoms with Crippen LogP contribution in [0.3, 0.4) is 0 Å². The van der Waals surface area contributed by atoms with Crippen molar-refractivity contribution in [2.75, 3.05) is 6.54 Å². The van der Waals surface area contributed by atoms with E-state index in [9.17, 15) is 4.79 Å². The lowest BCUT2D eigenvalue weighted by Gasteiger charge is -2.04. The molecule has 16 heavy (non-hydrogen) atoms. The smallest absolute Gasteiger partial charge is 0.221 e. The lowest BCUT2D eigenvalue weighted by molar-refractivity contribution is -0.120. The maximum atomic E-state index is 11.3. The molecule has 0 bridgehead atoms. The molecule has 84 valence electrons. The van der Waals surface area contributed by atoms with Crippen LogP contribution in [0.25, 0.3) is 0 Å². The van der Waals surface area contributed by atoms with Gasteiger partial charge in [-0.25, -0.2) is 0 Å². The number of rotatable bonds is 4. The highest BCUT2D eigenvalue weighted by Gasteiger charge is 2.02. The van der Waals surface area contributed by atoms with E-state index in [2.05, 4.69) is 33.2 Å². The van der Waals surface area contributed by atoms with E-state index in [1.807, 2.05) is 19.1 Å². The summed E-state index contributed by atoms with van der Waals surface area (Å²) >= 11 is 3.44. The summed E-state index contributed by atoms with van der Waals surface area (Å²) < 4.78 is 1.09. The van der Waals surface area contributed by atoms with Crippen LogP contribution in [0.4, 0.5) is 0 Å². The van der Waals surface area contributed by atoms with Crippen LogP contribution in [0.2, 0.25) is 0 Å². The standard InChI is InChI=1S/C13H14BrNO/c1-3-8-15-13(16)7-5-11-4-6-12(14)10(2)9-11/h1,4,6,9H,5,7-8H2,2H3,(H,15,16). The Kier molecular flexibility index (Phi) is 5.07. The fraction of sp³-hybridized carbons (Fsp3) is 0.308. The molecule has 0 aliphatic rings. The minimum atomic E-state index is -0.00137. The molecule has 1 amide bonds. The van der Waals surface area contributed by atoms with Crippen LogP contribution < -0.4 is 5.32 Å². The molecule has 0 aromatic heterocycles. The van der Waals surface area contributed by atoms with E-state index in [0.717, 1.165) is 16.5 Å². The molecular weight excluding hydrogens is 266 g/mol. The molecule has 0 heterocycles. The summed E-state index contributed by atoms with van der Waals surface area (Å²) in [5.41, 5.74) is 2.35. The molecule has 0 saturated heterocycles. The zero-order valence-electron chi connectivity index (χ0n) is 9.22. The summed E-state index contributed by atoms with van der Waals surface area (Å²) in [5.74, 6) is 2.37. The van der Waals surface area contributed by atoms with Crippen molar-refractivity contribution in [1.82, 2.24) is 5.32 Å². The Hall–Kier alpha value is -1.27. The van der Waals surface area contributed by atoms with Crippen molar-refractivity contribution in [3.63, 3.8) is 0 Å². The number of terminal acetylenes is 1. The summed E-state index contributed by atoms with van der Waals surface area (Å²) in [5, 5.41) is 2.64. The van der Waals surface area contributed by atoms with Crippen molar-refractivity contribution in [3.8, 4) is 12.3 Å². The molecule has 0 unspecified atom stereocenters. The molecule has 0 spiro atoms. The van der Waals surface area contributed by atoms with Crippen LogP contribution in [0.1, 0.15) is 17.5 Å². The SMILES string of the molecule is C#CCNC(=O)CCc1ccc(Br)c(C)c1. The van der Waals surface area contributed by atoms with Crippen LogP contribution in [0.15, 0.2) is 22.7 Å². The first-order valence-electron chi connectivity index (χ1n) is 5.08. The molecule has 1 aromatic rings. The number of benzene rings is 1. The second-order valence-electron chi connectivity index (χ2n) is 3.56. The summed E-state index contributed by atoms with van der Waals surface area (Å²) in [6.07, 6.45) is 6.27. The Labute approximate surface area is 105 Å². The molecule has 0 aliphatic carbocycles. The van der Waals surface area contributed by atoms with Crippen LogP contribution >= 0.6 is 15.9 Å². The van der Waals surface area contributed by atoms with Crippen molar-refractivity contribution < 1.29 is 4.79 Å².